The molecule has 1 unspecified atom stereocenters. The number of amides is 1. The number of nitrogens with zero attached hydrogens (tertiary/aromatic N) is 2. The summed E-state index contributed by atoms with van der Waals surface area (Å²) in [6, 6.07) is 4.80. The molecule has 0 bridgehead atoms. The summed E-state index contributed by atoms with van der Waals surface area (Å²) in [7, 11) is 0. The molecule has 20 heavy (non-hydrogen) atoms. The van der Waals surface area contributed by atoms with Crippen molar-refractivity contribution in [2.75, 3.05) is 6.54 Å². The molecule has 1 aromatic rings. The first-order chi connectivity index (χ1) is 9.45. The van der Waals surface area contributed by atoms with Gasteiger partial charge in [0, 0.05) is 31.8 Å². The standard InChI is InChI=1S/C14H18N2O4/c1-14(13(19)20)7-4-9-16(14)12(18)6-10-15-8-3-2-5-11(15)17/h2-3,5,8H,4,6-7,9-10H2,1H3,(H,19,20). The zero-order valence-electron chi connectivity index (χ0n) is 11.4. The van der Waals surface area contributed by atoms with Crippen LogP contribution >= 0.6 is 0 Å². The summed E-state index contributed by atoms with van der Waals surface area (Å²) in [6.45, 7) is 2.31. The fourth-order valence-corrected chi connectivity index (χ4v) is 2.58. The van der Waals surface area contributed by atoms with E-state index in [4.69, 9.17) is 0 Å². The van der Waals surface area contributed by atoms with Crippen molar-refractivity contribution in [3.05, 3.63) is 34.7 Å². The maximum Gasteiger partial charge on any atom is 0.329 e. The van der Waals surface area contributed by atoms with Crippen LogP contribution in [0.2, 0.25) is 0 Å². The van der Waals surface area contributed by atoms with Crippen LogP contribution in [0.25, 0.3) is 0 Å². The Labute approximate surface area is 116 Å². The third-order valence-corrected chi connectivity index (χ3v) is 3.87. The van der Waals surface area contributed by atoms with Crippen LogP contribution in [0.3, 0.4) is 0 Å². The molecule has 0 aromatic carbocycles. The maximum atomic E-state index is 12.2. The van der Waals surface area contributed by atoms with Crippen LogP contribution in [0.4, 0.5) is 0 Å². The summed E-state index contributed by atoms with van der Waals surface area (Å²) in [5, 5.41) is 9.27. The highest BCUT2D eigenvalue weighted by atomic mass is 16.4. The lowest BCUT2D eigenvalue weighted by molar-refractivity contribution is -0.155. The Balaban J connectivity index is 2.04. The molecule has 6 heteroatoms. The number of carbonyl (C=O) groups is 2. The van der Waals surface area contributed by atoms with Crippen LogP contribution < -0.4 is 5.56 Å². The topological polar surface area (TPSA) is 79.6 Å². The van der Waals surface area contributed by atoms with Crippen molar-refractivity contribution in [1.82, 2.24) is 9.47 Å². The average molecular weight is 278 g/mol. The molecular weight excluding hydrogens is 260 g/mol. The van der Waals surface area contributed by atoms with Crippen LogP contribution in [0.15, 0.2) is 29.2 Å². The van der Waals surface area contributed by atoms with Crippen LogP contribution in [0.1, 0.15) is 26.2 Å². The van der Waals surface area contributed by atoms with Gasteiger partial charge in [0.2, 0.25) is 5.91 Å². The lowest BCUT2D eigenvalue weighted by Gasteiger charge is -2.31. The molecule has 6 nitrogen and oxygen atoms in total. The van der Waals surface area contributed by atoms with Gasteiger partial charge in [0.25, 0.3) is 5.56 Å². The Morgan fingerprint density at radius 2 is 2.15 bits per heavy atom. The number of likely N-dealkylation sites (tertiary alicyclic amines) is 1. The van der Waals surface area contributed by atoms with Gasteiger partial charge in [-0.05, 0) is 25.8 Å². The molecule has 1 saturated heterocycles. The number of carboxylic acids is 1. The molecule has 1 fully saturated rings. The molecule has 0 aliphatic carbocycles. The van der Waals surface area contributed by atoms with Crippen LogP contribution in [0.5, 0.6) is 0 Å². The second-order valence-corrected chi connectivity index (χ2v) is 5.21. The van der Waals surface area contributed by atoms with Gasteiger partial charge in [-0.3, -0.25) is 9.59 Å². The van der Waals surface area contributed by atoms with Crippen LogP contribution in [-0.2, 0) is 16.1 Å². The predicted octanol–water partition coefficient (Wildman–Crippen LogP) is 0.704. The molecule has 1 aromatic heterocycles. The molecule has 1 N–H and O–H groups in total. The van der Waals surface area contributed by atoms with E-state index >= 15 is 0 Å². The number of aromatic nitrogens is 1. The van der Waals surface area contributed by atoms with Gasteiger partial charge in [0.05, 0.1) is 0 Å². The number of pyridine rings is 1. The van der Waals surface area contributed by atoms with Gasteiger partial charge in [-0.25, -0.2) is 4.79 Å². The van der Waals surface area contributed by atoms with Gasteiger partial charge in [0.1, 0.15) is 5.54 Å². The Morgan fingerprint density at radius 1 is 1.40 bits per heavy atom. The van der Waals surface area contributed by atoms with E-state index in [1.807, 2.05) is 0 Å². The lowest BCUT2D eigenvalue weighted by atomic mass is 9.99. The summed E-state index contributed by atoms with van der Waals surface area (Å²) in [6.07, 6.45) is 2.92. The van der Waals surface area contributed by atoms with E-state index in [2.05, 4.69) is 0 Å². The summed E-state index contributed by atoms with van der Waals surface area (Å²) < 4.78 is 1.45. The largest absolute Gasteiger partial charge is 0.480 e. The summed E-state index contributed by atoms with van der Waals surface area (Å²) in [4.78, 5) is 36.5. The first kappa shape index (κ1) is 14.3. The first-order valence-corrected chi connectivity index (χ1v) is 6.64. The van der Waals surface area contributed by atoms with Gasteiger partial charge in [-0.1, -0.05) is 6.07 Å². The molecule has 0 spiro atoms. The zero-order valence-corrected chi connectivity index (χ0v) is 11.4. The molecule has 1 aliphatic heterocycles. The van der Waals surface area contributed by atoms with Crippen molar-refractivity contribution >= 4 is 11.9 Å². The molecule has 0 saturated carbocycles. The zero-order chi connectivity index (χ0) is 14.8. The number of carboxylic acid groups (broad SMARTS) is 1. The van der Waals surface area contributed by atoms with Crippen molar-refractivity contribution < 1.29 is 14.7 Å². The Hall–Kier alpha value is -2.11. The Kier molecular flexibility index (Phi) is 3.92. The van der Waals surface area contributed by atoms with Gasteiger partial charge in [0.15, 0.2) is 0 Å². The first-order valence-electron chi connectivity index (χ1n) is 6.64. The van der Waals surface area contributed by atoms with E-state index in [-0.39, 0.29) is 24.4 Å². The third kappa shape index (κ3) is 2.59. The number of hydrogen-bond acceptors (Lipinski definition) is 3. The van der Waals surface area contributed by atoms with Crippen molar-refractivity contribution in [2.24, 2.45) is 0 Å². The number of carbonyl (C=O) groups excluding carboxylic acids is 1. The van der Waals surface area contributed by atoms with E-state index in [0.29, 0.717) is 19.4 Å². The maximum absolute atomic E-state index is 12.2. The number of aryl methyl sites for hydroxylation is 1. The molecule has 1 amide bonds. The van der Waals surface area contributed by atoms with Gasteiger partial charge in [-0.2, -0.15) is 0 Å². The third-order valence-electron chi connectivity index (χ3n) is 3.87. The van der Waals surface area contributed by atoms with E-state index in [0.717, 1.165) is 0 Å². The minimum absolute atomic E-state index is 0.132. The number of rotatable bonds is 4. The fraction of sp³-hybridized carbons (Fsp3) is 0.500. The fourth-order valence-electron chi connectivity index (χ4n) is 2.58. The Bertz CT molecular complexity index is 581. The highest BCUT2D eigenvalue weighted by Gasteiger charge is 2.45. The van der Waals surface area contributed by atoms with E-state index < -0.39 is 11.5 Å². The van der Waals surface area contributed by atoms with Crippen molar-refractivity contribution in [2.45, 2.75) is 38.3 Å². The van der Waals surface area contributed by atoms with E-state index in [1.54, 1.807) is 25.3 Å². The van der Waals surface area contributed by atoms with Crippen LogP contribution in [0, 0.1) is 0 Å². The smallest absolute Gasteiger partial charge is 0.329 e. The molecule has 2 rings (SSSR count). The molecule has 1 atom stereocenters. The van der Waals surface area contributed by atoms with Gasteiger partial charge in [-0.15, -0.1) is 0 Å². The van der Waals surface area contributed by atoms with E-state index in [9.17, 15) is 19.5 Å². The minimum atomic E-state index is -1.11. The highest BCUT2D eigenvalue weighted by Crippen LogP contribution is 2.29. The molecular formula is C14H18N2O4. The quantitative estimate of drug-likeness (QED) is 0.879. The van der Waals surface area contributed by atoms with E-state index in [1.165, 1.54) is 15.5 Å². The molecule has 1 aliphatic rings. The predicted molar refractivity (Wildman–Crippen MR) is 72.3 cm³/mol. The van der Waals surface area contributed by atoms with Crippen molar-refractivity contribution in [3.8, 4) is 0 Å². The molecule has 0 radical (unpaired) electrons. The minimum Gasteiger partial charge on any atom is -0.480 e. The molecule has 2 heterocycles. The SMILES string of the molecule is CC1(C(=O)O)CCCN1C(=O)CCn1ccccc1=O. The summed E-state index contributed by atoms with van der Waals surface area (Å²) >= 11 is 0. The molecule has 108 valence electrons. The summed E-state index contributed by atoms with van der Waals surface area (Å²) in [5.74, 6) is -1.19. The van der Waals surface area contributed by atoms with Crippen molar-refractivity contribution in [1.29, 1.82) is 0 Å². The van der Waals surface area contributed by atoms with Crippen molar-refractivity contribution in [3.63, 3.8) is 0 Å². The monoisotopic (exact) mass is 278 g/mol. The normalized spacial score (nSPS) is 21.9. The Morgan fingerprint density at radius 3 is 2.80 bits per heavy atom. The average Bonchev–Trinajstić information content (AvgIpc) is 2.81. The van der Waals surface area contributed by atoms with Crippen LogP contribution in [-0.4, -0.2) is 38.5 Å². The second kappa shape index (κ2) is 5.48. The van der Waals surface area contributed by atoms with Gasteiger partial charge >= 0.3 is 5.97 Å². The van der Waals surface area contributed by atoms with Gasteiger partial charge < -0.3 is 14.6 Å². The number of hydrogen-bond donors (Lipinski definition) is 1. The number of aliphatic carboxylic acids is 1. The highest BCUT2D eigenvalue weighted by molar-refractivity contribution is 5.87. The second-order valence-electron chi connectivity index (χ2n) is 5.21. The lowest BCUT2D eigenvalue weighted by Crippen LogP contribution is -2.51. The summed E-state index contributed by atoms with van der Waals surface area (Å²) in [5.41, 5.74) is -1.28.